The molecule has 2 rings (SSSR count). The molecule has 0 aromatic carbocycles. The van der Waals surface area contributed by atoms with E-state index in [0.717, 1.165) is 12.8 Å². The molecule has 0 unspecified atom stereocenters. The predicted octanol–water partition coefficient (Wildman–Crippen LogP) is 0.151. The van der Waals surface area contributed by atoms with E-state index in [1.165, 1.54) is 11.3 Å². The Kier molecular flexibility index (Phi) is 2.96. The zero-order valence-electron chi connectivity index (χ0n) is 8.03. The van der Waals surface area contributed by atoms with Crippen molar-refractivity contribution >= 4 is 23.2 Å². The van der Waals surface area contributed by atoms with Crippen molar-refractivity contribution in [3.63, 3.8) is 0 Å². The fourth-order valence-electron chi connectivity index (χ4n) is 1.08. The van der Waals surface area contributed by atoms with E-state index in [9.17, 15) is 9.59 Å². The molecule has 1 heterocycles. The third-order valence-corrected chi connectivity index (χ3v) is 2.60. The van der Waals surface area contributed by atoms with Crippen LogP contribution in [0.1, 0.15) is 23.3 Å². The number of rotatable bonds is 4. The highest BCUT2D eigenvalue weighted by Crippen LogP contribution is 2.18. The van der Waals surface area contributed by atoms with E-state index in [-0.39, 0.29) is 18.4 Å². The van der Waals surface area contributed by atoms with Crippen molar-refractivity contribution in [2.45, 2.75) is 18.9 Å². The van der Waals surface area contributed by atoms with Crippen molar-refractivity contribution in [1.82, 2.24) is 15.6 Å². The van der Waals surface area contributed by atoms with Gasteiger partial charge in [-0.3, -0.25) is 9.59 Å². The van der Waals surface area contributed by atoms with Crippen LogP contribution in [0.3, 0.4) is 0 Å². The first kappa shape index (κ1) is 10.1. The topological polar surface area (TPSA) is 71.1 Å². The summed E-state index contributed by atoms with van der Waals surface area (Å²) in [5.41, 5.74) is 1.94. The molecule has 2 N–H and O–H groups in total. The van der Waals surface area contributed by atoms with Crippen LogP contribution in [0.5, 0.6) is 0 Å². The van der Waals surface area contributed by atoms with Crippen LogP contribution < -0.4 is 10.6 Å². The van der Waals surface area contributed by atoms with Gasteiger partial charge < -0.3 is 10.6 Å². The second-order valence-electron chi connectivity index (χ2n) is 3.40. The van der Waals surface area contributed by atoms with E-state index in [4.69, 9.17) is 0 Å². The van der Waals surface area contributed by atoms with Crippen molar-refractivity contribution < 1.29 is 9.59 Å². The van der Waals surface area contributed by atoms with Crippen LogP contribution in [-0.2, 0) is 4.79 Å². The minimum Gasteiger partial charge on any atom is -0.352 e. The Balaban J connectivity index is 1.72. The lowest BCUT2D eigenvalue weighted by Crippen LogP contribution is -2.37. The summed E-state index contributed by atoms with van der Waals surface area (Å²) >= 11 is 1.35. The number of amides is 2. The number of thiazole rings is 1. The summed E-state index contributed by atoms with van der Waals surface area (Å²) in [4.78, 5) is 26.4. The normalized spacial score (nSPS) is 14.7. The molecule has 1 aromatic rings. The minimum absolute atomic E-state index is 0.0207. The molecule has 0 bridgehead atoms. The number of hydrogen-bond donors (Lipinski definition) is 2. The molecular formula is C9H11N3O2S. The lowest BCUT2D eigenvalue weighted by Gasteiger charge is -2.03. The van der Waals surface area contributed by atoms with Gasteiger partial charge in [-0.25, -0.2) is 4.98 Å². The molecule has 5 nitrogen and oxygen atoms in total. The van der Waals surface area contributed by atoms with Gasteiger partial charge in [0.25, 0.3) is 5.91 Å². The van der Waals surface area contributed by atoms with Crippen LogP contribution in [0.2, 0.25) is 0 Å². The maximum atomic E-state index is 11.4. The van der Waals surface area contributed by atoms with Crippen molar-refractivity contribution in [2.75, 3.05) is 6.54 Å². The summed E-state index contributed by atoms with van der Waals surface area (Å²) in [7, 11) is 0. The number of nitrogens with one attached hydrogen (secondary N) is 2. The molecular weight excluding hydrogens is 214 g/mol. The average molecular weight is 225 g/mol. The molecule has 15 heavy (non-hydrogen) atoms. The highest BCUT2D eigenvalue weighted by Gasteiger charge is 2.23. The molecule has 0 radical (unpaired) electrons. The van der Waals surface area contributed by atoms with Crippen molar-refractivity contribution in [1.29, 1.82) is 0 Å². The third kappa shape index (κ3) is 3.02. The zero-order valence-corrected chi connectivity index (χ0v) is 8.84. The molecule has 0 spiro atoms. The Morgan fingerprint density at radius 3 is 2.93 bits per heavy atom. The molecule has 2 amide bonds. The van der Waals surface area contributed by atoms with E-state index in [1.807, 2.05) is 0 Å². The van der Waals surface area contributed by atoms with Crippen LogP contribution in [-0.4, -0.2) is 29.4 Å². The van der Waals surface area contributed by atoms with Gasteiger partial charge in [-0.1, -0.05) is 0 Å². The Morgan fingerprint density at radius 2 is 2.33 bits per heavy atom. The second-order valence-corrected chi connectivity index (χ2v) is 4.12. The molecule has 80 valence electrons. The smallest absolute Gasteiger partial charge is 0.271 e. The lowest BCUT2D eigenvalue weighted by atomic mass is 10.4. The maximum Gasteiger partial charge on any atom is 0.271 e. The quantitative estimate of drug-likeness (QED) is 0.766. The van der Waals surface area contributed by atoms with E-state index >= 15 is 0 Å². The highest BCUT2D eigenvalue weighted by molar-refractivity contribution is 7.07. The zero-order chi connectivity index (χ0) is 10.7. The van der Waals surface area contributed by atoms with Gasteiger partial charge in [-0.2, -0.15) is 0 Å². The molecule has 6 heteroatoms. The van der Waals surface area contributed by atoms with Crippen LogP contribution >= 0.6 is 11.3 Å². The molecule has 0 aliphatic heterocycles. The molecule has 1 aliphatic carbocycles. The molecule has 1 aliphatic rings. The standard InChI is InChI=1S/C9H11N3O2S/c13-8(12-6-1-2-6)3-10-9(14)7-4-15-5-11-7/h4-6H,1-3H2,(H,10,14)(H,12,13). The molecule has 0 saturated heterocycles. The van der Waals surface area contributed by atoms with Gasteiger partial charge in [-0.05, 0) is 12.8 Å². The second kappa shape index (κ2) is 4.39. The van der Waals surface area contributed by atoms with Gasteiger partial charge in [0, 0.05) is 11.4 Å². The maximum absolute atomic E-state index is 11.4. The van der Waals surface area contributed by atoms with Gasteiger partial charge in [0.15, 0.2) is 0 Å². The van der Waals surface area contributed by atoms with Gasteiger partial charge >= 0.3 is 0 Å². The van der Waals surface area contributed by atoms with Gasteiger partial charge in [0.2, 0.25) is 5.91 Å². The van der Waals surface area contributed by atoms with Gasteiger partial charge in [0.05, 0.1) is 12.1 Å². The van der Waals surface area contributed by atoms with Gasteiger partial charge in [-0.15, -0.1) is 11.3 Å². The average Bonchev–Trinajstić information content (AvgIpc) is 2.86. The van der Waals surface area contributed by atoms with Crippen molar-refractivity contribution in [2.24, 2.45) is 0 Å². The molecule has 1 saturated carbocycles. The number of carbonyl (C=O) groups is 2. The number of nitrogens with zero attached hydrogens (tertiary/aromatic N) is 1. The Morgan fingerprint density at radius 1 is 1.53 bits per heavy atom. The van der Waals surface area contributed by atoms with Crippen LogP contribution in [0, 0.1) is 0 Å². The number of hydrogen-bond acceptors (Lipinski definition) is 4. The van der Waals surface area contributed by atoms with Crippen LogP contribution in [0.25, 0.3) is 0 Å². The van der Waals surface area contributed by atoms with Crippen molar-refractivity contribution in [3.8, 4) is 0 Å². The highest BCUT2D eigenvalue weighted by atomic mass is 32.1. The van der Waals surface area contributed by atoms with Gasteiger partial charge in [0.1, 0.15) is 5.69 Å². The van der Waals surface area contributed by atoms with E-state index in [2.05, 4.69) is 15.6 Å². The largest absolute Gasteiger partial charge is 0.352 e. The predicted molar refractivity (Wildman–Crippen MR) is 55.6 cm³/mol. The summed E-state index contributed by atoms with van der Waals surface area (Å²) < 4.78 is 0. The van der Waals surface area contributed by atoms with Crippen LogP contribution in [0.15, 0.2) is 10.9 Å². The number of aromatic nitrogens is 1. The number of carbonyl (C=O) groups excluding carboxylic acids is 2. The first-order valence-electron chi connectivity index (χ1n) is 4.71. The SMILES string of the molecule is O=C(CNC(=O)c1cscn1)NC1CC1. The fourth-order valence-corrected chi connectivity index (χ4v) is 1.61. The minimum atomic E-state index is -0.304. The first-order chi connectivity index (χ1) is 7.25. The first-order valence-corrected chi connectivity index (χ1v) is 5.66. The summed E-state index contributed by atoms with van der Waals surface area (Å²) in [5.74, 6) is -0.441. The van der Waals surface area contributed by atoms with Crippen molar-refractivity contribution in [3.05, 3.63) is 16.6 Å². The van der Waals surface area contributed by atoms with E-state index < -0.39 is 0 Å². The monoisotopic (exact) mass is 225 g/mol. The Hall–Kier alpha value is -1.43. The Labute approximate surface area is 90.9 Å². The van der Waals surface area contributed by atoms with E-state index in [0.29, 0.717) is 11.7 Å². The Bertz CT molecular complexity index is 359. The summed E-state index contributed by atoms with van der Waals surface area (Å²) in [5, 5.41) is 6.94. The van der Waals surface area contributed by atoms with Crippen LogP contribution in [0.4, 0.5) is 0 Å². The molecule has 0 atom stereocenters. The summed E-state index contributed by atoms with van der Waals surface area (Å²) in [6, 6.07) is 0.327. The van der Waals surface area contributed by atoms with E-state index in [1.54, 1.807) is 10.9 Å². The molecule has 1 fully saturated rings. The molecule has 1 aromatic heterocycles. The summed E-state index contributed by atoms with van der Waals surface area (Å²) in [6.07, 6.45) is 2.09. The fraction of sp³-hybridized carbons (Fsp3) is 0.444. The lowest BCUT2D eigenvalue weighted by molar-refractivity contribution is -0.120. The third-order valence-electron chi connectivity index (χ3n) is 2.02. The summed E-state index contributed by atoms with van der Waals surface area (Å²) in [6.45, 7) is 0.0207.